The smallest absolute Gasteiger partial charge is 0.269 e. The van der Waals surface area contributed by atoms with Gasteiger partial charge in [-0.15, -0.1) is 4.83 Å². The summed E-state index contributed by atoms with van der Waals surface area (Å²) >= 11 is 5.83. The van der Waals surface area contributed by atoms with Gasteiger partial charge in [0.05, 0.1) is 16.3 Å². The zero-order valence-electron chi connectivity index (χ0n) is 14.1. The Kier molecular flexibility index (Phi) is 6.10. The molecule has 0 spiro atoms. The first-order valence-electron chi connectivity index (χ1n) is 8.11. The maximum absolute atomic E-state index is 14.2. The van der Waals surface area contributed by atoms with Crippen molar-refractivity contribution in [2.75, 3.05) is 19.0 Å². The average molecular weight is 418 g/mol. The van der Waals surface area contributed by atoms with E-state index < -0.39 is 27.3 Å². The minimum atomic E-state index is -3.78. The molecular weight excluding hydrogens is 401 g/mol. The van der Waals surface area contributed by atoms with E-state index in [1.165, 1.54) is 24.8 Å². The Balaban J connectivity index is 1.70. The molecule has 27 heavy (non-hydrogen) atoms. The lowest BCUT2D eigenvalue weighted by molar-refractivity contribution is 0.0722. The van der Waals surface area contributed by atoms with Crippen LogP contribution in [-0.2, 0) is 14.8 Å². The highest BCUT2D eigenvalue weighted by Gasteiger charge is 2.23. The lowest BCUT2D eigenvalue weighted by Gasteiger charge is -2.21. The molecule has 2 N–H and O–H groups in total. The van der Waals surface area contributed by atoms with Gasteiger partial charge in [0.2, 0.25) is 10.0 Å². The first kappa shape index (κ1) is 19.7. The number of hydrazine groups is 1. The first-order chi connectivity index (χ1) is 12.9. The number of amides is 1. The molecule has 3 rings (SSSR count). The van der Waals surface area contributed by atoms with Crippen molar-refractivity contribution >= 4 is 27.5 Å². The van der Waals surface area contributed by atoms with Crippen molar-refractivity contribution in [2.45, 2.75) is 12.8 Å². The normalized spacial score (nSPS) is 15.6. The van der Waals surface area contributed by atoms with Crippen LogP contribution in [0.5, 0.6) is 0 Å². The summed E-state index contributed by atoms with van der Waals surface area (Å²) in [6.07, 6.45) is 3.73. The molecule has 0 saturated carbocycles. The predicted octanol–water partition coefficient (Wildman–Crippen LogP) is 2.12. The number of sulfonamides is 1. The Morgan fingerprint density at radius 1 is 1.33 bits per heavy atom. The molecule has 0 unspecified atom stereocenters. The molecule has 146 valence electrons. The summed E-state index contributed by atoms with van der Waals surface area (Å²) in [6, 6.07) is 2.50. The van der Waals surface area contributed by atoms with Gasteiger partial charge in [0.1, 0.15) is 12.0 Å². The van der Waals surface area contributed by atoms with Crippen LogP contribution in [0.2, 0.25) is 5.02 Å². The van der Waals surface area contributed by atoms with E-state index in [4.69, 9.17) is 20.8 Å². The SMILES string of the molecule is O=C(NNS(=O)(=O)CC1CCOCC1)c1cc(-c2cocn2)cc(Cl)c1F. The fraction of sp³-hybridized carbons (Fsp3) is 0.375. The number of hydrogen-bond acceptors (Lipinski definition) is 6. The number of oxazole rings is 1. The van der Waals surface area contributed by atoms with Crippen LogP contribution in [0.25, 0.3) is 11.3 Å². The molecule has 0 radical (unpaired) electrons. The fourth-order valence-electron chi connectivity index (χ4n) is 2.71. The highest BCUT2D eigenvalue weighted by Crippen LogP contribution is 2.27. The Morgan fingerprint density at radius 3 is 2.74 bits per heavy atom. The lowest BCUT2D eigenvalue weighted by atomic mass is 10.0. The summed E-state index contributed by atoms with van der Waals surface area (Å²) in [5.74, 6) is -2.16. The van der Waals surface area contributed by atoms with Gasteiger partial charge in [-0.05, 0) is 30.9 Å². The minimum Gasteiger partial charge on any atom is -0.451 e. The topological polar surface area (TPSA) is 111 Å². The molecule has 11 heteroatoms. The van der Waals surface area contributed by atoms with Gasteiger partial charge in [0.25, 0.3) is 5.91 Å². The first-order valence-corrected chi connectivity index (χ1v) is 10.1. The fourth-order valence-corrected chi connectivity index (χ4v) is 4.22. The highest BCUT2D eigenvalue weighted by molar-refractivity contribution is 7.89. The Bertz CT molecular complexity index is 914. The van der Waals surface area contributed by atoms with Crippen molar-refractivity contribution in [3.05, 3.63) is 41.2 Å². The van der Waals surface area contributed by atoms with Crippen LogP contribution < -0.4 is 10.3 Å². The van der Waals surface area contributed by atoms with Gasteiger partial charge in [0.15, 0.2) is 12.2 Å². The van der Waals surface area contributed by atoms with Crippen molar-refractivity contribution in [3.8, 4) is 11.3 Å². The highest BCUT2D eigenvalue weighted by atomic mass is 35.5. The van der Waals surface area contributed by atoms with Gasteiger partial charge in [-0.2, -0.15) is 0 Å². The second-order valence-corrected chi connectivity index (χ2v) is 8.26. The number of aromatic nitrogens is 1. The predicted molar refractivity (Wildman–Crippen MR) is 94.8 cm³/mol. The van der Waals surface area contributed by atoms with E-state index in [0.717, 1.165) is 0 Å². The molecule has 1 aromatic carbocycles. The van der Waals surface area contributed by atoms with Crippen LogP contribution in [0.3, 0.4) is 0 Å². The van der Waals surface area contributed by atoms with Crippen LogP contribution >= 0.6 is 11.6 Å². The number of carbonyl (C=O) groups is 1. The second-order valence-electron chi connectivity index (χ2n) is 6.09. The van der Waals surface area contributed by atoms with Gasteiger partial charge >= 0.3 is 0 Å². The van der Waals surface area contributed by atoms with Crippen LogP contribution in [0.4, 0.5) is 4.39 Å². The van der Waals surface area contributed by atoms with E-state index in [0.29, 0.717) is 37.3 Å². The van der Waals surface area contributed by atoms with E-state index in [2.05, 4.69) is 4.98 Å². The van der Waals surface area contributed by atoms with Gasteiger partial charge in [-0.25, -0.2) is 17.8 Å². The number of halogens is 2. The summed E-state index contributed by atoms with van der Waals surface area (Å²) in [4.78, 5) is 18.2. The Labute approximate surface area is 160 Å². The second kappa shape index (κ2) is 8.34. The largest absolute Gasteiger partial charge is 0.451 e. The molecular formula is C16H17ClFN3O5S. The molecule has 0 aliphatic carbocycles. The van der Waals surface area contributed by atoms with Crippen molar-refractivity contribution < 1.29 is 26.8 Å². The van der Waals surface area contributed by atoms with E-state index in [9.17, 15) is 17.6 Å². The molecule has 1 amide bonds. The quantitative estimate of drug-likeness (QED) is 0.696. The molecule has 1 fully saturated rings. The number of nitrogens with one attached hydrogen (secondary N) is 2. The third-order valence-electron chi connectivity index (χ3n) is 4.12. The molecule has 0 atom stereocenters. The number of hydrogen-bond donors (Lipinski definition) is 2. The standard InChI is InChI=1S/C16H17ClFN3O5S/c17-13-6-11(14-7-26-9-19-14)5-12(15(13)18)16(22)20-21-27(23,24)8-10-1-3-25-4-2-10/h5-7,9-10,21H,1-4,8H2,(H,20,22). The Hall–Kier alpha value is -2.01. The molecule has 1 aromatic heterocycles. The average Bonchev–Trinajstić information content (AvgIpc) is 3.17. The summed E-state index contributed by atoms with van der Waals surface area (Å²) in [6.45, 7) is 1.01. The molecule has 0 bridgehead atoms. The van der Waals surface area contributed by atoms with Crippen LogP contribution in [0.1, 0.15) is 23.2 Å². The van der Waals surface area contributed by atoms with Crippen molar-refractivity contribution in [3.63, 3.8) is 0 Å². The number of benzene rings is 1. The van der Waals surface area contributed by atoms with E-state index >= 15 is 0 Å². The Morgan fingerprint density at radius 2 is 2.07 bits per heavy atom. The van der Waals surface area contributed by atoms with Gasteiger partial charge < -0.3 is 9.15 Å². The van der Waals surface area contributed by atoms with Crippen molar-refractivity contribution in [2.24, 2.45) is 5.92 Å². The molecule has 8 nitrogen and oxygen atoms in total. The number of ether oxygens (including phenoxy) is 1. The van der Waals surface area contributed by atoms with E-state index in [1.54, 1.807) is 0 Å². The molecule has 2 heterocycles. The van der Waals surface area contributed by atoms with Gasteiger partial charge in [-0.1, -0.05) is 11.6 Å². The van der Waals surface area contributed by atoms with Gasteiger partial charge in [0, 0.05) is 18.8 Å². The third-order valence-corrected chi connectivity index (χ3v) is 5.72. The van der Waals surface area contributed by atoms with Crippen LogP contribution in [0, 0.1) is 11.7 Å². The van der Waals surface area contributed by atoms with Crippen LogP contribution in [0.15, 0.2) is 29.2 Å². The summed E-state index contributed by atoms with van der Waals surface area (Å²) < 4.78 is 48.5. The summed E-state index contributed by atoms with van der Waals surface area (Å²) in [5, 5.41) is -0.300. The monoisotopic (exact) mass is 417 g/mol. The molecule has 1 saturated heterocycles. The number of carbonyl (C=O) groups excluding carboxylic acids is 1. The maximum atomic E-state index is 14.2. The molecule has 1 aliphatic heterocycles. The zero-order valence-corrected chi connectivity index (χ0v) is 15.6. The third kappa shape index (κ3) is 5.04. The van der Waals surface area contributed by atoms with Crippen molar-refractivity contribution in [1.82, 2.24) is 15.2 Å². The van der Waals surface area contributed by atoms with Gasteiger partial charge in [-0.3, -0.25) is 10.2 Å². The van der Waals surface area contributed by atoms with Crippen LogP contribution in [-0.4, -0.2) is 38.3 Å². The minimum absolute atomic E-state index is 0.0603. The summed E-state index contributed by atoms with van der Waals surface area (Å²) in [5.41, 5.74) is 2.30. The number of rotatable bonds is 6. The van der Waals surface area contributed by atoms with E-state index in [1.807, 2.05) is 10.3 Å². The zero-order chi connectivity index (χ0) is 19.4. The maximum Gasteiger partial charge on any atom is 0.269 e. The van der Waals surface area contributed by atoms with E-state index in [-0.39, 0.29) is 16.7 Å². The molecule has 1 aliphatic rings. The number of nitrogens with zero attached hydrogens (tertiary/aromatic N) is 1. The summed E-state index contributed by atoms with van der Waals surface area (Å²) in [7, 11) is -3.78. The van der Waals surface area contributed by atoms with Crippen molar-refractivity contribution in [1.29, 1.82) is 0 Å². The lowest BCUT2D eigenvalue weighted by Crippen LogP contribution is -2.44. The molecule has 2 aromatic rings.